The predicted octanol–water partition coefficient (Wildman–Crippen LogP) is 4.18. The number of sulfonamides is 1. The highest BCUT2D eigenvalue weighted by Crippen LogP contribution is 2.31. The Kier molecular flexibility index (Phi) is 8.20. The Morgan fingerprint density at radius 2 is 1.59 bits per heavy atom. The lowest BCUT2D eigenvalue weighted by molar-refractivity contribution is -0.122. The summed E-state index contributed by atoms with van der Waals surface area (Å²) in [4.78, 5) is 27.6. The summed E-state index contributed by atoms with van der Waals surface area (Å²) in [6.07, 6.45) is 0.0643. The molecule has 0 aromatic heterocycles. The molecule has 3 aromatic carbocycles. The second kappa shape index (κ2) is 11.2. The molecule has 1 heterocycles. The number of imide groups is 1. The number of rotatable bonds is 9. The molecule has 1 aliphatic heterocycles. The fraction of sp³-hybridized carbons (Fsp3) is 0.259. The molecule has 2 amide bonds. The number of halogens is 1. The van der Waals surface area contributed by atoms with E-state index in [4.69, 9.17) is 9.47 Å². The minimum atomic E-state index is -4.09. The summed E-state index contributed by atoms with van der Waals surface area (Å²) in [7, 11) is -1.03. The number of methoxy groups -OCH3 is 2. The van der Waals surface area contributed by atoms with Crippen LogP contribution in [-0.4, -0.2) is 51.3 Å². The topological polar surface area (TPSA) is 93.2 Å². The van der Waals surface area contributed by atoms with Gasteiger partial charge in [-0.3, -0.25) is 9.59 Å². The summed E-state index contributed by atoms with van der Waals surface area (Å²) < 4.78 is 40.4. The van der Waals surface area contributed by atoms with Crippen molar-refractivity contribution in [3.63, 3.8) is 0 Å². The number of anilines is 1. The van der Waals surface area contributed by atoms with Gasteiger partial charge in [-0.2, -0.15) is 4.31 Å². The van der Waals surface area contributed by atoms with Gasteiger partial charge in [0, 0.05) is 10.1 Å². The van der Waals surface area contributed by atoms with E-state index in [1.165, 1.54) is 26.4 Å². The lowest BCUT2D eigenvalue weighted by atomic mass is 10.1. The van der Waals surface area contributed by atoms with E-state index >= 15 is 0 Å². The van der Waals surface area contributed by atoms with Crippen LogP contribution in [0.1, 0.15) is 17.5 Å². The van der Waals surface area contributed by atoms with Crippen molar-refractivity contribution < 1.29 is 27.5 Å². The van der Waals surface area contributed by atoms with Gasteiger partial charge in [0.1, 0.15) is 6.04 Å². The first-order valence-corrected chi connectivity index (χ1v) is 14.1. The van der Waals surface area contributed by atoms with Crippen molar-refractivity contribution in [3.05, 3.63) is 81.4 Å². The molecule has 0 bridgehead atoms. The Bertz CT molecular complexity index is 1410. The molecule has 1 atom stereocenters. The van der Waals surface area contributed by atoms with E-state index in [0.717, 1.165) is 23.9 Å². The zero-order chi connectivity index (χ0) is 26.7. The van der Waals surface area contributed by atoms with E-state index < -0.39 is 27.9 Å². The summed E-state index contributed by atoms with van der Waals surface area (Å²) in [5.74, 6) is 0.0747. The van der Waals surface area contributed by atoms with E-state index in [9.17, 15) is 18.0 Å². The van der Waals surface area contributed by atoms with Gasteiger partial charge in [0.05, 0.1) is 31.2 Å². The smallest absolute Gasteiger partial charge is 0.252 e. The van der Waals surface area contributed by atoms with Crippen LogP contribution in [0.25, 0.3) is 0 Å². The number of hydrogen-bond acceptors (Lipinski definition) is 6. The molecule has 194 valence electrons. The lowest BCUT2D eigenvalue weighted by Crippen LogP contribution is -2.46. The summed E-state index contributed by atoms with van der Waals surface area (Å²) in [6.45, 7) is 1.86. The van der Waals surface area contributed by atoms with E-state index in [1.54, 1.807) is 48.5 Å². The molecule has 1 aliphatic rings. The van der Waals surface area contributed by atoms with Crippen molar-refractivity contribution in [1.29, 1.82) is 0 Å². The van der Waals surface area contributed by atoms with Crippen LogP contribution >= 0.6 is 22.6 Å². The first kappa shape index (κ1) is 27.1. The third kappa shape index (κ3) is 5.65. The Labute approximate surface area is 230 Å². The van der Waals surface area contributed by atoms with Gasteiger partial charge in [-0.25, -0.2) is 13.3 Å². The number of amides is 2. The fourth-order valence-corrected chi connectivity index (χ4v) is 6.21. The highest BCUT2D eigenvalue weighted by Gasteiger charge is 2.46. The summed E-state index contributed by atoms with van der Waals surface area (Å²) in [5.41, 5.74) is 2.13. The highest BCUT2D eigenvalue weighted by atomic mass is 127. The van der Waals surface area contributed by atoms with Gasteiger partial charge in [0.25, 0.3) is 5.91 Å². The molecule has 1 unspecified atom stereocenters. The number of aryl methyl sites for hydroxylation is 1. The number of hydrogen-bond donors (Lipinski definition) is 0. The number of carbonyl (C=O) groups excluding carboxylic acids is 2. The molecular weight excluding hydrogens is 607 g/mol. The predicted molar refractivity (Wildman–Crippen MR) is 148 cm³/mol. The van der Waals surface area contributed by atoms with Crippen LogP contribution < -0.4 is 14.4 Å². The van der Waals surface area contributed by atoms with Gasteiger partial charge < -0.3 is 9.47 Å². The molecule has 0 aliphatic carbocycles. The Hall–Kier alpha value is -2.96. The molecule has 4 rings (SSSR count). The average Bonchev–Trinajstić information content (AvgIpc) is 3.17. The second-order valence-corrected chi connectivity index (χ2v) is 11.8. The molecule has 3 aromatic rings. The van der Waals surface area contributed by atoms with Crippen LogP contribution in [-0.2, 0) is 26.0 Å². The van der Waals surface area contributed by atoms with Crippen molar-refractivity contribution in [2.24, 2.45) is 0 Å². The van der Waals surface area contributed by atoms with Gasteiger partial charge in [-0.05, 0) is 90.0 Å². The molecule has 0 N–H and O–H groups in total. The number of nitrogens with zero attached hydrogens (tertiary/aromatic N) is 2. The second-order valence-electron chi connectivity index (χ2n) is 8.63. The van der Waals surface area contributed by atoms with Crippen LogP contribution in [0.3, 0.4) is 0 Å². The van der Waals surface area contributed by atoms with E-state index in [0.29, 0.717) is 23.6 Å². The molecule has 8 nitrogen and oxygen atoms in total. The minimum absolute atomic E-state index is 0.00406. The quantitative estimate of drug-likeness (QED) is 0.259. The summed E-state index contributed by atoms with van der Waals surface area (Å²) in [5, 5.41) is 0. The molecule has 0 radical (unpaired) electrons. The summed E-state index contributed by atoms with van der Waals surface area (Å²) >= 11 is 2.14. The van der Waals surface area contributed by atoms with Gasteiger partial charge in [0.2, 0.25) is 15.9 Å². The van der Waals surface area contributed by atoms with E-state index in [-0.39, 0.29) is 17.9 Å². The van der Waals surface area contributed by atoms with Crippen molar-refractivity contribution in [1.82, 2.24) is 4.31 Å². The van der Waals surface area contributed by atoms with Crippen molar-refractivity contribution >= 4 is 50.1 Å². The largest absolute Gasteiger partial charge is 0.493 e. The van der Waals surface area contributed by atoms with Gasteiger partial charge in [0.15, 0.2) is 11.5 Å². The number of carbonyl (C=O) groups is 2. The van der Waals surface area contributed by atoms with Gasteiger partial charge >= 0.3 is 0 Å². The minimum Gasteiger partial charge on any atom is -0.493 e. The maximum Gasteiger partial charge on any atom is 0.252 e. The third-order valence-electron chi connectivity index (χ3n) is 6.25. The van der Waals surface area contributed by atoms with Crippen LogP contribution in [0.2, 0.25) is 0 Å². The Morgan fingerprint density at radius 1 is 0.946 bits per heavy atom. The fourth-order valence-electron chi connectivity index (χ4n) is 4.27. The first-order chi connectivity index (χ1) is 17.6. The van der Waals surface area contributed by atoms with Crippen LogP contribution in [0.4, 0.5) is 5.69 Å². The van der Waals surface area contributed by atoms with Crippen LogP contribution in [0, 0.1) is 10.5 Å². The SMILES string of the molecule is COc1ccc(CCN(C2CC(=O)N(c3ccc(I)cc3)C2=O)S(=O)(=O)c2ccc(C)cc2)cc1OC. The van der Waals surface area contributed by atoms with Crippen molar-refractivity contribution in [2.75, 3.05) is 25.7 Å². The van der Waals surface area contributed by atoms with Gasteiger partial charge in [-0.1, -0.05) is 23.8 Å². The average molecular weight is 634 g/mol. The lowest BCUT2D eigenvalue weighted by Gasteiger charge is -2.27. The molecule has 0 spiro atoms. The number of benzene rings is 3. The highest BCUT2D eigenvalue weighted by molar-refractivity contribution is 14.1. The van der Waals surface area contributed by atoms with Crippen molar-refractivity contribution in [2.45, 2.75) is 30.7 Å². The molecule has 10 heteroatoms. The monoisotopic (exact) mass is 634 g/mol. The summed E-state index contributed by atoms with van der Waals surface area (Å²) in [6, 6.07) is 17.6. The zero-order valence-corrected chi connectivity index (χ0v) is 23.7. The molecular formula is C27H27IN2O6S. The maximum atomic E-state index is 13.8. The standard InChI is InChI=1S/C27H27IN2O6S/c1-18-4-11-22(12-5-18)37(33,34)29(15-14-19-6-13-24(35-2)25(16-19)36-3)23-17-26(31)30(27(23)32)21-9-7-20(28)8-10-21/h4-13,16,23H,14-15,17H2,1-3H3. The van der Waals surface area contributed by atoms with Crippen LogP contribution in [0.15, 0.2) is 71.6 Å². The van der Waals surface area contributed by atoms with Crippen LogP contribution in [0.5, 0.6) is 11.5 Å². The van der Waals surface area contributed by atoms with Gasteiger partial charge in [-0.15, -0.1) is 0 Å². The number of ether oxygens (including phenoxy) is 2. The molecule has 1 fully saturated rings. The van der Waals surface area contributed by atoms with E-state index in [1.807, 2.05) is 13.0 Å². The first-order valence-electron chi connectivity index (χ1n) is 11.6. The molecule has 0 saturated carbocycles. The maximum absolute atomic E-state index is 13.8. The normalized spacial score (nSPS) is 15.9. The molecule has 1 saturated heterocycles. The Balaban J connectivity index is 1.69. The third-order valence-corrected chi connectivity index (χ3v) is 8.89. The van der Waals surface area contributed by atoms with Crippen molar-refractivity contribution in [3.8, 4) is 11.5 Å². The van der Waals surface area contributed by atoms with E-state index in [2.05, 4.69) is 22.6 Å². The molecule has 37 heavy (non-hydrogen) atoms. The Morgan fingerprint density at radius 3 is 2.22 bits per heavy atom. The zero-order valence-electron chi connectivity index (χ0n) is 20.7.